The van der Waals surface area contributed by atoms with Gasteiger partial charge in [0.25, 0.3) is 0 Å². The zero-order valence-corrected chi connectivity index (χ0v) is 12.1. The van der Waals surface area contributed by atoms with Gasteiger partial charge < -0.3 is 15.8 Å². The third kappa shape index (κ3) is 6.25. The van der Waals surface area contributed by atoms with E-state index in [9.17, 15) is 0 Å². The van der Waals surface area contributed by atoms with Crippen LogP contribution in [0.25, 0.3) is 0 Å². The van der Waals surface area contributed by atoms with Gasteiger partial charge in [-0.15, -0.1) is 0 Å². The highest BCUT2D eigenvalue weighted by Crippen LogP contribution is 2.10. The minimum absolute atomic E-state index is 0.507. The van der Waals surface area contributed by atoms with Gasteiger partial charge in [-0.05, 0) is 23.5 Å². The van der Waals surface area contributed by atoms with E-state index in [0.717, 1.165) is 24.1 Å². The van der Waals surface area contributed by atoms with Gasteiger partial charge in [0, 0.05) is 13.7 Å². The van der Waals surface area contributed by atoms with E-state index in [4.69, 9.17) is 10.5 Å². The van der Waals surface area contributed by atoms with Crippen molar-refractivity contribution in [3.05, 3.63) is 35.4 Å². The van der Waals surface area contributed by atoms with Gasteiger partial charge in [-0.3, -0.25) is 0 Å². The molecule has 0 atom stereocenters. The van der Waals surface area contributed by atoms with E-state index in [-0.39, 0.29) is 0 Å². The number of methoxy groups -OCH3 is 1. The molecule has 0 spiro atoms. The van der Waals surface area contributed by atoms with Gasteiger partial charge in [0.1, 0.15) is 0 Å². The van der Waals surface area contributed by atoms with Crippen molar-refractivity contribution in [1.82, 2.24) is 5.32 Å². The molecule has 0 saturated carbocycles. The molecule has 0 saturated heterocycles. The van der Waals surface area contributed by atoms with Crippen LogP contribution in [0.2, 0.25) is 0 Å². The molecule has 0 aliphatic rings. The van der Waals surface area contributed by atoms with Crippen LogP contribution in [-0.2, 0) is 17.9 Å². The van der Waals surface area contributed by atoms with Gasteiger partial charge in [-0.2, -0.15) is 0 Å². The maximum atomic E-state index is 5.84. The van der Waals surface area contributed by atoms with Crippen LogP contribution in [-0.4, -0.2) is 19.6 Å². The molecule has 4 nitrogen and oxygen atoms in total. The Morgan fingerprint density at radius 3 is 2.63 bits per heavy atom. The number of nitrogens with two attached hydrogens (primary N) is 1. The minimum Gasteiger partial charge on any atom is -0.380 e. The standard InChI is InChI=1S/C15H25N3O/c1-12(2)8-9-17-15(16)18-10-13-6-4-5-7-14(13)11-19-3/h4-7,12H,8-11H2,1-3H3,(H3,16,17,18). The van der Waals surface area contributed by atoms with Crippen molar-refractivity contribution in [2.24, 2.45) is 16.6 Å². The topological polar surface area (TPSA) is 59.6 Å². The second kappa shape index (κ2) is 8.53. The van der Waals surface area contributed by atoms with Crippen LogP contribution in [0.5, 0.6) is 0 Å². The molecule has 1 aromatic rings. The number of nitrogens with zero attached hydrogens (tertiary/aromatic N) is 1. The van der Waals surface area contributed by atoms with Gasteiger partial charge in [0.15, 0.2) is 5.96 Å². The number of nitrogens with one attached hydrogen (secondary N) is 1. The molecular formula is C15H25N3O. The van der Waals surface area contributed by atoms with E-state index in [1.54, 1.807) is 7.11 Å². The average molecular weight is 263 g/mol. The van der Waals surface area contributed by atoms with Crippen molar-refractivity contribution >= 4 is 5.96 Å². The molecule has 0 radical (unpaired) electrons. The van der Waals surface area contributed by atoms with Crippen molar-refractivity contribution in [2.75, 3.05) is 13.7 Å². The lowest BCUT2D eigenvalue weighted by atomic mass is 10.1. The maximum absolute atomic E-state index is 5.84. The molecule has 0 aliphatic carbocycles. The van der Waals surface area contributed by atoms with Crippen molar-refractivity contribution in [3.8, 4) is 0 Å². The van der Waals surface area contributed by atoms with Crippen molar-refractivity contribution in [3.63, 3.8) is 0 Å². The highest BCUT2D eigenvalue weighted by molar-refractivity contribution is 5.77. The summed E-state index contributed by atoms with van der Waals surface area (Å²) in [4.78, 5) is 4.36. The van der Waals surface area contributed by atoms with Crippen LogP contribution in [0.3, 0.4) is 0 Å². The summed E-state index contributed by atoms with van der Waals surface area (Å²) in [7, 11) is 1.70. The Morgan fingerprint density at radius 2 is 2.00 bits per heavy atom. The van der Waals surface area contributed by atoms with E-state index in [0.29, 0.717) is 25.0 Å². The molecule has 4 heteroatoms. The monoisotopic (exact) mass is 263 g/mol. The molecule has 19 heavy (non-hydrogen) atoms. The molecule has 1 aromatic carbocycles. The highest BCUT2D eigenvalue weighted by atomic mass is 16.5. The summed E-state index contributed by atoms with van der Waals surface area (Å²) >= 11 is 0. The zero-order chi connectivity index (χ0) is 14.1. The Morgan fingerprint density at radius 1 is 1.32 bits per heavy atom. The number of ether oxygens (including phenoxy) is 1. The lowest BCUT2D eigenvalue weighted by Crippen LogP contribution is -2.32. The molecule has 0 unspecified atom stereocenters. The van der Waals surface area contributed by atoms with Crippen LogP contribution in [0.15, 0.2) is 29.3 Å². The zero-order valence-electron chi connectivity index (χ0n) is 12.1. The molecule has 0 amide bonds. The fourth-order valence-corrected chi connectivity index (χ4v) is 1.72. The number of rotatable bonds is 7. The number of hydrogen-bond donors (Lipinski definition) is 2. The summed E-state index contributed by atoms with van der Waals surface area (Å²) in [6.07, 6.45) is 1.09. The average Bonchev–Trinajstić information content (AvgIpc) is 2.37. The Balaban J connectivity index is 2.50. The summed E-state index contributed by atoms with van der Waals surface area (Å²) in [5.74, 6) is 1.18. The number of aliphatic imine (C=N–C) groups is 1. The third-order valence-corrected chi connectivity index (χ3v) is 2.87. The summed E-state index contributed by atoms with van der Waals surface area (Å²) in [5.41, 5.74) is 8.15. The number of benzene rings is 1. The quantitative estimate of drug-likeness (QED) is 0.586. The van der Waals surface area contributed by atoms with Gasteiger partial charge in [0.05, 0.1) is 13.2 Å². The van der Waals surface area contributed by atoms with Gasteiger partial charge in [-0.25, -0.2) is 4.99 Å². The molecule has 0 bridgehead atoms. The molecule has 0 aromatic heterocycles. The SMILES string of the molecule is COCc1ccccc1CN=C(N)NCCC(C)C. The first-order valence-corrected chi connectivity index (χ1v) is 6.73. The van der Waals surface area contributed by atoms with E-state index >= 15 is 0 Å². The minimum atomic E-state index is 0.507. The van der Waals surface area contributed by atoms with Crippen molar-refractivity contribution < 1.29 is 4.74 Å². The highest BCUT2D eigenvalue weighted by Gasteiger charge is 2.01. The lowest BCUT2D eigenvalue weighted by molar-refractivity contribution is 0.184. The van der Waals surface area contributed by atoms with E-state index in [1.807, 2.05) is 12.1 Å². The van der Waals surface area contributed by atoms with Crippen LogP contribution < -0.4 is 11.1 Å². The predicted molar refractivity (Wildman–Crippen MR) is 79.9 cm³/mol. The third-order valence-electron chi connectivity index (χ3n) is 2.87. The van der Waals surface area contributed by atoms with Crippen molar-refractivity contribution in [2.45, 2.75) is 33.4 Å². The number of guanidine groups is 1. The normalized spacial score (nSPS) is 11.9. The maximum Gasteiger partial charge on any atom is 0.188 e. The second-order valence-electron chi connectivity index (χ2n) is 5.01. The fraction of sp³-hybridized carbons (Fsp3) is 0.533. The lowest BCUT2D eigenvalue weighted by Gasteiger charge is -2.09. The fourth-order valence-electron chi connectivity index (χ4n) is 1.72. The summed E-state index contributed by atoms with van der Waals surface area (Å²) in [5, 5.41) is 3.13. The summed E-state index contributed by atoms with van der Waals surface area (Å²) in [6.45, 7) is 6.44. The summed E-state index contributed by atoms with van der Waals surface area (Å²) in [6, 6.07) is 8.12. The molecule has 1 rings (SSSR count). The Labute approximate surface area is 116 Å². The van der Waals surface area contributed by atoms with E-state index in [1.165, 1.54) is 0 Å². The van der Waals surface area contributed by atoms with Gasteiger partial charge in [-0.1, -0.05) is 38.1 Å². The molecule has 0 fully saturated rings. The molecule has 3 N–H and O–H groups in total. The second-order valence-corrected chi connectivity index (χ2v) is 5.01. The first-order valence-electron chi connectivity index (χ1n) is 6.73. The smallest absolute Gasteiger partial charge is 0.188 e. The van der Waals surface area contributed by atoms with E-state index < -0.39 is 0 Å². The van der Waals surface area contributed by atoms with Crippen LogP contribution in [0.4, 0.5) is 0 Å². The van der Waals surface area contributed by atoms with Gasteiger partial charge in [0.2, 0.25) is 0 Å². The summed E-state index contributed by atoms with van der Waals surface area (Å²) < 4.78 is 5.17. The van der Waals surface area contributed by atoms with Crippen LogP contribution >= 0.6 is 0 Å². The Bertz CT molecular complexity index is 402. The first kappa shape index (κ1) is 15.5. The Hall–Kier alpha value is -1.55. The Kier molecular flexibility index (Phi) is 6.97. The molecule has 0 heterocycles. The van der Waals surface area contributed by atoms with Gasteiger partial charge >= 0.3 is 0 Å². The number of hydrogen-bond acceptors (Lipinski definition) is 2. The predicted octanol–water partition coefficient (Wildman–Crippen LogP) is 2.28. The molecule has 106 valence electrons. The van der Waals surface area contributed by atoms with E-state index in [2.05, 4.69) is 36.3 Å². The van der Waals surface area contributed by atoms with Crippen LogP contribution in [0.1, 0.15) is 31.4 Å². The molecular weight excluding hydrogens is 238 g/mol. The first-order chi connectivity index (χ1) is 9.13. The largest absolute Gasteiger partial charge is 0.380 e. The van der Waals surface area contributed by atoms with Crippen LogP contribution in [0, 0.1) is 5.92 Å². The van der Waals surface area contributed by atoms with Crippen molar-refractivity contribution in [1.29, 1.82) is 0 Å². The molecule has 0 aliphatic heterocycles.